The van der Waals surface area contributed by atoms with E-state index in [9.17, 15) is 19.7 Å². The van der Waals surface area contributed by atoms with Crippen molar-refractivity contribution in [2.24, 2.45) is 0 Å². The third-order valence-corrected chi connectivity index (χ3v) is 2.91. The summed E-state index contributed by atoms with van der Waals surface area (Å²) >= 11 is 0. The van der Waals surface area contributed by atoms with Crippen LogP contribution >= 0.6 is 0 Å². The second-order valence-electron chi connectivity index (χ2n) is 4.27. The predicted molar refractivity (Wildman–Crippen MR) is 60.8 cm³/mol. The minimum absolute atomic E-state index is 0.228. The van der Waals surface area contributed by atoms with Crippen LogP contribution in [0.25, 0.3) is 0 Å². The van der Waals surface area contributed by atoms with Crippen molar-refractivity contribution in [2.75, 3.05) is 6.61 Å². The number of aliphatic hydroxyl groups is 4. The van der Waals surface area contributed by atoms with E-state index in [1.807, 2.05) is 0 Å². The van der Waals surface area contributed by atoms with Crippen LogP contribution in [0.2, 0.25) is 0 Å². The van der Waals surface area contributed by atoms with Crippen molar-refractivity contribution >= 4 is 0 Å². The minimum atomic E-state index is -1.50. The highest BCUT2D eigenvalue weighted by atomic mass is 19.1. The van der Waals surface area contributed by atoms with E-state index >= 15 is 0 Å². The van der Waals surface area contributed by atoms with Crippen LogP contribution in [-0.4, -0.2) is 57.7 Å². The highest BCUT2D eigenvalue weighted by Crippen LogP contribution is 2.24. The first-order valence-electron chi connectivity index (χ1n) is 5.75. The number of aliphatic hydroxyl groups excluding tert-OH is 4. The van der Waals surface area contributed by atoms with Gasteiger partial charge in [0.25, 0.3) is 0 Å². The molecule has 1 saturated heterocycles. The molecule has 1 aromatic rings. The first kappa shape index (κ1) is 14.2. The number of hydrogen-bond acceptors (Lipinski definition) is 6. The SMILES string of the molecule is OC[C@H]1O[C@H](Oc2ccc(F)cc2)[C@@H](O)[C@@H](O)[C@@H]1O. The van der Waals surface area contributed by atoms with Crippen molar-refractivity contribution < 1.29 is 34.3 Å². The van der Waals surface area contributed by atoms with Crippen molar-refractivity contribution in [3.05, 3.63) is 30.1 Å². The Kier molecular flexibility index (Phi) is 4.33. The van der Waals surface area contributed by atoms with Crippen molar-refractivity contribution in [3.8, 4) is 5.75 Å². The van der Waals surface area contributed by atoms with Gasteiger partial charge >= 0.3 is 0 Å². The van der Waals surface area contributed by atoms with Crippen LogP contribution in [0, 0.1) is 5.82 Å². The summed E-state index contributed by atoms with van der Waals surface area (Å²) in [7, 11) is 0. The third-order valence-electron chi connectivity index (χ3n) is 2.91. The molecule has 0 aromatic heterocycles. The molecule has 19 heavy (non-hydrogen) atoms. The quantitative estimate of drug-likeness (QED) is 0.564. The fourth-order valence-electron chi connectivity index (χ4n) is 1.81. The maximum atomic E-state index is 12.7. The van der Waals surface area contributed by atoms with Gasteiger partial charge in [-0.15, -0.1) is 0 Å². The van der Waals surface area contributed by atoms with Crippen molar-refractivity contribution in [1.82, 2.24) is 0 Å². The smallest absolute Gasteiger partial charge is 0.229 e. The van der Waals surface area contributed by atoms with E-state index in [4.69, 9.17) is 14.6 Å². The Morgan fingerprint density at radius 3 is 2.26 bits per heavy atom. The minimum Gasteiger partial charge on any atom is -0.462 e. The van der Waals surface area contributed by atoms with Crippen LogP contribution < -0.4 is 4.74 Å². The fraction of sp³-hybridized carbons (Fsp3) is 0.500. The lowest BCUT2D eigenvalue weighted by atomic mass is 9.99. The lowest BCUT2D eigenvalue weighted by Gasteiger charge is -2.39. The molecule has 2 rings (SSSR count). The molecule has 106 valence electrons. The zero-order valence-electron chi connectivity index (χ0n) is 9.89. The molecule has 0 saturated carbocycles. The maximum Gasteiger partial charge on any atom is 0.229 e. The Morgan fingerprint density at radius 2 is 1.68 bits per heavy atom. The summed E-state index contributed by atoms with van der Waals surface area (Å²) in [4.78, 5) is 0. The Hall–Kier alpha value is -1.25. The van der Waals surface area contributed by atoms with E-state index in [-0.39, 0.29) is 5.75 Å². The van der Waals surface area contributed by atoms with Crippen molar-refractivity contribution in [3.63, 3.8) is 0 Å². The first-order chi connectivity index (χ1) is 9.02. The maximum absolute atomic E-state index is 12.7. The van der Waals surface area contributed by atoms with E-state index in [0.717, 1.165) is 0 Å². The van der Waals surface area contributed by atoms with Crippen molar-refractivity contribution in [2.45, 2.75) is 30.7 Å². The van der Waals surface area contributed by atoms with Crippen LogP contribution in [0.1, 0.15) is 0 Å². The molecular weight excluding hydrogens is 259 g/mol. The molecule has 0 spiro atoms. The second-order valence-corrected chi connectivity index (χ2v) is 4.27. The molecule has 0 amide bonds. The topological polar surface area (TPSA) is 99.4 Å². The van der Waals surface area contributed by atoms with Crippen LogP contribution in [0.15, 0.2) is 24.3 Å². The molecule has 6 nitrogen and oxygen atoms in total. The normalized spacial score (nSPS) is 35.1. The van der Waals surface area contributed by atoms with Gasteiger partial charge in [0.15, 0.2) is 0 Å². The van der Waals surface area contributed by atoms with Gasteiger partial charge < -0.3 is 29.9 Å². The van der Waals surface area contributed by atoms with Gasteiger partial charge in [0.2, 0.25) is 6.29 Å². The summed E-state index contributed by atoms with van der Waals surface area (Å²) in [6.45, 7) is -0.534. The lowest BCUT2D eigenvalue weighted by molar-refractivity contribution is -0.277. The molecule has 5 atom stereocenters. The number of benzene rings is 1. The third kappa shape index (κ3) is 3.02. The van der Waals surface area contributed by atoms with Gasteiger partial charge in [0.1, 0.15) is 36.0 Å². The molecule has 1 heterocycles. The zero-order valence-corrected chi connectivity index (χ0v) is 9.89. The van der Waals surface area contributed by atoms with E-state index < -0.39 is 43.1 Å². The summed E-state index contributed by atoms with van der Waals surface area (Å²) in [5.74, 6) is -0.216. The summed E-state index contributed by atoms with van der Waals surface area (Å²) in [6, 6.07) is 4.99. The monoisotopic (exact) mass is 274 g/mol. The average molecular weight is 274 g/mol. The molecule has 0 bridgehead atoms. The Labute approximate surface area is 108 Å². The largest absolute Gasteiger partial charge is 0.462 e. The molecular formula is C12H15FO6. The fourth-order valence-corrected chi connectivity index (χ4v) is 1.81. The van der Waals surface area contributed by atoms with Gasteiger partial charge in [-0.25, -0.2) is 4.39 Å². The van der Waals surface area contributed by atoms with Crippen molar-refractivity contribution in [1.29, 1.82) is 0 Å². The number of rotatable bonds is 3. The molecule has 1 aliphatic heterocycles. The molecule has 0 aliphatic carbocycles. The van der Waals surface area contributed by atoms with Gasteiger partial charge in [-0.3, -0.25) is 0 Å². The molecule has 1 aromatic carbocycles. The van der Waals surface area contributed by atoms with Crippen LogP contribution in [0.4, 0.5) is 4.39 Å². The zero-order chi connectivity index (χ0) is 14.0. The van der Waals surface area contributed by atoms with Crippen LogP contribution in [-0.2, 0) is 4.74 Å². The van der Waals surface area contributed by atoms with Crippen LogP contribution in [0.3, 0.4) is 0 Å². The highest BCUT2D eigenvalue weighted by Gasteiger charge is 2.44. The Morgan fingerprint density at radius 1 is 1.05 bits per heavy atom. The molecule has 0 radical (unpaired) electrons. The predicted octanol–water partition coefficient (Wildman–Crippen LogP) is -0.996. The van der Waals surface area contributed by atoms with Gasteiger partial charge in [-0.1, -0.05) is 0 Å². The van der Waals surface area contributed by atoms with Gasteiger partial charge in [0, 0.05) is 0 Å². The number of hydrogen-bond donors (Lipinski definition) is 4. The second kappa shape index (κ2) is 5.81. The summed E-state index contributed by atoms with van der Waals surface area (Å²) in [6.07, 6.45) is -6.72. The van der Waals surface area contributed by atoms with Crippen LogP contribution in [0.5, 0.6) is 5.75 Å². The van der Waals surface area contributed by atoms with E-state index in [0.29, 0.717) is 0 Å². The highest BCUT2D eigenvalue weighted by molar-refractivity contribution is 5.22. The van der Waals surface area contributed by atoms with E-state index in [2.05, 4.69) is 0 Å². The van der Waals surface area contributed by atoms with E-state index in [1.165, 1.54) is 24.3 Å². The van der Waals surface area contributed by atoms with Gasteiger partial charge in [0.05, 0.1) is 6.61 Å². The summed E-state index contributed by atoms with van der Waals surface area (Å²) in [5, 5.41) is 37.9. The standard InChI is InChI=1S/C12H15FO6/c13-6-1-3-7(4-2-6)18-12-11(17)10(16)9(15)8(5-14)19-12/h1-4,8-12,14-17H,5H2/t8-,9-,10+,11+,12+/m1/s1. The van der Waals surface area contributed by atoms with Gasteiger partial charge in [-0.05, 0) is 24.3 Å². The first-order valence-corrected chi connectivity index (χ1v) is 5.75. The Balaban J connectivity index is 2.08. The lowest BCUT2D eigenvalue weighted by Crippen LogP contribution is -2.60. The summed E-state index contributed by atoms with van der Waals surface area (Å²) < 4.78 is 23.1. The summed E-state index contributed by atoms with van der Waals surface area (Å²) in [5.41, 5.74) is 0. The molecule has 0 unspecified atom stereocenters. The number of ether oxygens (including phenoxy) is 2. The molecule has 7 heteroatoms. The van der Waals surface area contributed by atoms with Gasteiger partial charge in [-0.2, -0.15) is 0 Å². The molecule has 1 fully saturated rings. The number of halogens is 1. The Bertz CT molecular complexity index is 409. The van der Waals surface area contributed by atoms with E-state index in [1.54, 1.807) is 0 Å². The molecule has 4 N–H and O–H groups in total. The average Bonchev–Trinajstić information content (AvgIpc) is 2.42. The molecule has 1 aliphatic rings.